The van der Waals surface area contributed by atoms with Gasteiger partial charge in [-0.3, -0.25) is 9.59 Å². The molecule has 0 spiro atoms. The molecule has 1 amide bonds. The number of benzene rings is 1. The first-order valence-electron chi connectivity index (χ1n) is 10.3. The number of nitrogens with zero attached hydrogens (tertiary/aromatic N) is 1. The normalized spacial score (nSPS) is 12.9. The van der Waals surface area contributed by atoms with Crippen molar-refractivity contribution in [3.05, 3.63) is 50.9 Å². The van der Waals surface area contributed by atoms with Gasteiger partial charge in [0.1, 0.15) is 11.4 Å². The number of carbonyl (C=O) groups excluding carboxylic acids is 1. The average molecular weight is 428 g/mol. The molecule has 3 rings (SSSR count). The predicted molar refractivity (Wildman–Crippen MR) is 123 cm³/mol. The summed E-state index contributed by atoms with van der Waals surface area (Å²) >= 11 is 1.54. The van der Waals surface area contributed by atoms with Gasteiger partial charge in [-0.05, 0) is 47.1 Å². The van der Waals surface area contributed by atoms with Gasteiger partial charge < -0.3 is 15.2 Å². The molecule has 30 heavy (non-hydrogen) atoms. The summed E-state index contributed by atoms with van der Waals surface area (Å²) in [7, 11) is 0. The lowest BCUT2D eigenvalue weighted by atomic mass is 10.0. The van der Waals surface area contributed by atoms with E-state index in [1.165, 1.54) is 5.56 Å². The SMILES string of the molecule is CC[NH+](CC(=O)NC(C)(C)C)Cc1nc2sc(C)c(-c3ccc(C)cc3)c2c(=O)[nH]1. The van der Waals surface area contributed by atoms with Gasteiger partial charge in [0, 0.05) is 16.0 Å². The van der Waals surface area contributed by atoms with Crippen LogP contribution in [-0.2, 0) is 11.3 Å². The Kier molecular flexibility index (Phi) is 6.43. The number of thiophene rings is 1. The van der Waals surface area contributed by atoms with Crippen LogP contribution in [0, 0.1) is 13.8 Å². The Morgan fingerprint density at radius 3 is 2.47 bits per heavy atom. The van der Waals surface area contributed by atoms with Crippen molar-refractivity contribution < 1.29 is 9.69 Å². The Balaban J connectivity index is 1.89. The Labute approximate surface area is 181 Å². The molecule has 0 saturated heterocycles. The molecule has 7 heteroatoms. The molecule has 0 radical (unpaired) electrons. The lowest BCUT2D eigenvalue weighted by Gasteiger charge is -2.23. The number of nitrogens with one attached hydrogen (secondary N) is 3. The first kappa shape index (κ1) is 22.2. The number of carbonyl (C=O) groups is 1. The number of aryl methyl sites for hydroxylation is 2. The fourth-order valence-electron chi connectivity index (χ4n) is 3.55. The molecule has 0 aliphatic heterocycles. The Hall–Kier alpha value is -2.51. The van der Waals surface area contributed by atoms with Crippen LogP contribution in [0.1, 0.15) is 44.0 Å². The van der Waals surface area contributed by atoms with Crippen LogP contribution in [0.25, 0.3) is 21.3 Å². The van der Waals surface area contributed by atoms with Gasteiger partial charge in [0.05, 0.1) is 11.9 Å². The third-order valence-corrected chi connectivity index (χ3v) is 5.97. The van der Waals surface area contributed by atoms with E-state index in [4.69, 9.17) is 4.98 Å². The number of quaternary nitrogens is 1. The van der Waals surface area contributed by atoms with Gasteiger partial charge in [0.15, 0.2) is 12.4 Å². The molecule has 0 fully saturated rings. The van der Waals surface area contributed by atoms with Crippen LogP contribution in [0.2, 0.25) is 0 Å². The van der Waals surface area contributed by atoms with Gasteiger partial charge in [-0.25, -0.2) is 4.98 Å². The molecule has 0 aliphatic rings. The molecule has 160 valence electrons. The quantitative estimate of drug-likeness (QED) is 0.566. The monoisotopic (exact) mass is 427 g/mol. The summed E-state index contributed by atoms with van der Waals surface area (Å²) < 4.78 is 0. The molecule has 1 unspecified atom stereocenters. The van der Waals surface area contributed by atoms with Crippen molar-refractivity contribution in [1.29, 1.82) is 0 Å². The zero-order valence-electron chi connectivity index (χ0n) is 18.6. The molecular weight excluding hydrogens is 396 g/mol. The molecule has 3 aromatic rings. The van der Waals surface area contributed by atoms with E-state index in [1.54, 1.807) is 11.3 Å². The van der Waals surface area contributed by atoms with Crippen molar-refractivity contribution in [2.45, 2.75) is 53.6 Å². The van der Waals surface area contributed by atoms with Gasteiger partial charge in [-0.2, -0.15) is 0 Å². The largest absolute Gasteiger partial charge is 0.347 e. The highest BCUT2D eigenvalue weighted by molar-refractivity contribution is 7.19. The Bertz CT molecular complexity index is 1110. The van der Waals surface area contributed by atoms with Crippen molar-refractivity contribution >= 4 is 27.5 Å². The molecule has 2 heterocycles. The van der Waals surface area contributed by atoms with E-state index in [1.807, 2.05) is 53.7 Å². The molecule has 6 nitrogen and oxygen atoms in total. The van der Waals surface area contributed by atoms with E-state index < -0.39 is 0 Å². The second-order valence-electron chi connectivity index (χ2n) is 8.85. The first-order valence-corrected chi connectivity index (χ1v) is 11.1. The summed E-state index contributed by atoms with van der Waals surface area (Å²) in [5, 5.41) is 3.64. The van der Waals surface area contributed by atoms with Crippen LogP contribution in [0.4, 0.5) is 0 Å². The van der Waals surface area contributed by atoms with Crippen LogP contribution < -0.4 is 15.8 Å². The van der Waals surface area contributed by atoms with Crippen LogP contribution in [0.5, 0.6) is 0 Å². The maximum atomic E-state index is 13.0. The molecule has 0 saturated carbocycles. The van der Waals surface area contributed by atoms with Gasteiger partial charge in [-0.1, -0.05) is 29.8 Å². The van der Waals surface area contributed by atoms with Gasteiger partial charge in [-0.15, -0.1) is 11.3 Å². The van der Waals surface area contributed by atoms with Crippen molar-refractivity contribution in [2.24, 2.45) is 0 Å². The van der Waals surface area contributed by atoms with Crippen LogP contribution >= 0.6 is 11.3 Å². The third-order valence-electron chi connectivity index (χ3n) is 4.97. The van der Waals surface area contributed by atoms with E-state index in [9.17, 15) is 9.59 Å². The summed E-state index contributed by atoms with van der Waals surface area (Å²) in [6, 6.07) is 8.21. The van der Waals surface area contributed by atoms with Crippen LogP contribution in [0.3, 0.4) is 0 Å². The Morgan fingerprint density at radius 2 is 1.87 bits per heavy atom. The molecule has 3 N–H and O–H groups in total. The summed E-state index contributed by atoms with van der Waals surface area (Å²) in [4.78, 5) is 35.9. The summed E-state index contributed by atoms with van der Waals surface area (Å²) in [5.41, 5.74) is 2.79. The minimum Gasteiger partial charge on any atom is -0.347 e. The van der Waals surface area contributed by atoms with Gasteiger partial charge in [0.25, 0.3) is 11.5 Å². The number of H-pyrrole nitrogens is 1. The topological polar surface area (TPSA) is 79.3 Å². The number of hydrogen-bond donors (Lipinski definition) is 3. The number of amides is 1. The zero-order valence-corrected chi connectivity index (χ0v) is 19.4. The van der Waals surface area contributed by atoms with E-state index in [0.717, 1.165) is 32.3 Å². The fraction of sp³-hybridized carbons (Fsp3) is 0.435. The highest BCUT2D eigenvalue weighted by Crippen LogP contribution is 2.35. The third kappa shape index (κ3) is 5.15. The minimum absolute atomic E-state index is 0.00333. The smallest absolute Gasteiger partial charge is 0.275 e. The molecule has 0 aliphatic carbocycles. The highest BCUT2D eigenvalue weighted by Gasteiger charge is 2.21. The summed E-state index contributed by atoms with van der Waals surface area (Å²) in [5.74, 6) is 0.612. The van der Waals surface area contributed by atoms with E-state index in [0.29, 0.717) is 24.3 Å². The summed E-state index contributed by atoms with van der Waals surface area (Å²) in [6.07, 6.45) is 0. The second-order valence-corrected chi connectivity index (χ2v) is 10.1. The van der Waals surface area contributed by atoms with Crippen LogP contribution in [0.15, 0.2) is 29.1 Å². The number of hydrogen-bond acceptors (Lipinski definition) is 4. The number of rotatable bonds is 6. The molecule has 2 aromatic heterocycles. The van der Waals surface area contributed by atoms with Gasteiger partial charge in [0.2, 0.25) is 0 Å². The predicted octanol–water partition coefficient (Wildman–Crippen LogP) is 2.59. The maximum absolute atomic E-state index is 13.0. The van der Waals surface area contributed by atoms with E-state index >= 15 is 0 Å². The molecule has 1 aromatic carbocycles. The van der Waals surface area contributed by atoms with Gasteiger partial charge >= 0.3 is 0 Å². The number of aromatic nitrogens is 2. The van der Waals surface area contributed by atoms with Crippen molar-refractivity contribution in [3.8, 4) is 11.1 Å². The van der Waals surface area contributed by atoms with Crippen molar-refractivity contribution in [2.75, 3.05) is 13.1 Å². The zero-order chi connectivity index (χ0) is 22.1. The van der Waals surface area contributed by atoms with Crippen molar-refractivity contribution in [1.82, 2.24) is 15.3 Å². The fourth-order valence-corrected chi connectivity index (χ4v) is 4.62. The maximum Gasteiger partial charge on any atom is 0.275 e. The molecule has 1 atom stereocenters. The van der Waals surface area contributed by atoms with Crippen LogP contribution in [-0.4, -0.2) is 34.5 Å². The lowest BCUT2D eigenvalue weighted by molar-refractivity contribution is -0.904. The first-order chi connectivity index (χ1) is 14.1. The lowest BCUT2D eigenvalue weighted by Crippen LogP contribution is -3.11. The standard InChI is InChI=1S/C23H30N4O2S/c1-7-27(13-18(28)26-23(4,5)6)12-17-24-21(29)20-19(15(3)30-22(20)25-17)16-10-8-14(2)9-11-16/h8-11H,7,12-13H2,1-6H3,(H,26,28)(H,24,25,29)/p+1. The number of likely N-dealkylation sites (N-methyl/N-ethyl adjacent to an activating group) is 1. The minimum atomic E-state index is -0.262. The Morgan fingerprint density at radius 1 is 1.20 bits per heavy atom. The molecule has 0 bridgehead atoms. The molecular formula is C23H31N4O2S+. The highest BCUT2D eigenvalue weighted by atomic mass is 32.1. The number of aromatic amines is 1. The number of fused-ring (bicyclic) bond motifs is 1. The summed E-state index contributed by atoms with van der Waals surface area (Å²) in [6.45, 7) is 13.6. The van der Waals surface area contributed by atoms with E-state index in [-0.39, 0.29) is 17.0 Å². The average Bonchev–Trinajstić information content (AvgIpc) is 2.96. The second kappa shape index (κ2) is 8.70. The van der Waals surface area contributed by atoms with E-state index in [2.05, 4.69) is 22.4 Å². The van der Waals surface area contributed by atoms with Crippen molar-refractivity contribution in [3.63, 3.8) is 0 Å².